The molecule has 51 heavy (non-hydrogen) atoms. The standard InChI is InChI=1S/C37H37N9O5/c1-36(2,3)50-34(48)28-11-7-9-26-10-8-12-29(32(26)28)38-33(47)27-19-17-25(18-20-27)24-15-13-23(14-16-24)22-45-41-30(39-43-45)21-31-40-44-46(42-31)35(49)51-37(4,5)6/h7-20H,21-22H2,1-6H3,(H,38,47). The van der Waals surface area contributed by atoms with E-state index in [1.165, 1.54) is 4.80 Å². The molecule has 14 nitrogen and oxygen atoms in total. The van der Waals surface area contributed by atoms with Gasteiger partial charge >= 0.3 is 12.1 Å². The van der Waals surface area contributed by atoms with E-state index in [-0.39, 0.29) is 18.2 Å². The lowest BCUT2D eigenvalue weighted by atomic mass is 10.0. The Kier molecular flexibility index (Phi) is 9.42. The molecule has 0 aliphatic heterocycles. The smallest absolute Gasteiger partial charge is 0.454 e. The highest BCUT2D eigenvalue weighted by molar-refractivity contribution is 6.14. The normalized spacial score (nSPS) is 11.7. The van der Waals surface area contributed by atoms with Crippen LogP contribution in [0.5, 0.6) is 0 Å². The maximum absolute atomic E-state index is 13.3. The zero-order valence-electron chi connectivity index (χ0n) is 29.1. The number of carbonyl (C=O) groups excluding carboxylic acids is 3. The minimum Gasteiger partial charge on any atom is -0.456 e. The van der Waals surface area contributed by atoms with Gasteiger partial charge in [-0.05, 0) is 98.3 Å². The lowest BCUT2D eigenvalue weighted by molar-refractivity contribution is 0.00713. The number of aromatic nitrogens is 8. The summed E-state index contributed by atoms with van der Waals surface area (Å²) in [6, 6.07) is 26.1. The van der Waals surface area contributed by atoms with Gasteiger partial charge in [0.2, 0.25) is 0 Å². The molecule has 0 aliphatic rings. The summed E-state index contributed by atoms with van der Waals surface area (Å²) in [5.41, 5.74) is 2.89. The third-order valence-corrected chi connectivity index (χ3v) is 7.35. The molecule has 0 unspecified atom stereocenters. The molecule has 2 aromatic heterocycles. The first-order chi connectivity index (χ1) is 24.2. The molecule has 0 saturated carbocycles. The van der Waals surface area contributed by atoms with Crippen LogP contribution in [0.15, 0.2) is 84.9 Å². The Morgan fingerprint density at radius 1 is 0.706 bits per heavy atom. The largest absolute Gasteiger partial charge is 0.456 e. The van der Waals surface area contributed by atoms with E-state index in [4.69, 9.17) is 9.47 Å². The Bertz CT molecular complexity index is 2210. The fraction of sp³-hybridized carbons (Fsp3) is 0.270. The maximum Gasteiger partial charge on any atom is 0.454 e. The van der Waals surface area contributed by atoms with Gasteiger partial charge in [0, 0.05) is 16.6 Å². The van der Waals surface area contributed by atoms with Crippen molar-refractivity contribution in [1.29, 1.82) is 0 Å². The molecule has 0 fully saturated rings. The van der Waals surface area contributed by atoms with Gasteiger partial charge in [-0.3, -0.25) is 4.79 Å². The number of anilines is 1. The van der Waals surface area contributed by atoms with Crippen LogP contribution in [0.1, 0.15) is 79.5 Å². The quantitative estimate of drug-likeness (QED) is 0.183. The van der Waals surface area contributed by atoms with Gasteiger partial charge in [-0.25, -0.2) is 9.59 Å². The third-order valence-electron chi connectivity index (χ3n) is 7.35. The average Bonchev–Trinajstić information content (AvgIpc) is 3.73. The third kappa shape index (κ3) is 8.65. The van der Waals surface area contributed by atoms with Gasteiger partial charge in [-0.2, -0.15) is 4.80 Å². The second-order valence-electron chi connectivity index (χ2n) is 13.8. The topological polar surface area (TPSA) is 169 Å². The van der Waals surface area contributed by atoms with Gasteiger partial charge in [0.25, 0.3) is 5.91 Å². The number of rotatable bonds is 8. The van der Waals surface area contributed by atoms with Crippen LogP contribution < -0.4 is 5.32 Å². The predicted octanol–water partition coefficient (Wildman–Crippen LogP) is 6.11. The highest BCUT2D eigenvalue weighted by Gasteiger charge is 2.23. The number of hydrogen-bond acceptors (Lipinski definition) is 11. The van der Waals surface area contributed by atoms with Crippen molar-refractivity contribution in [1.82, 2.24) is 40.4 Å². The first-order valence-corrected chi connectivity index (χ1v) is 16.3. The average molecular weight is 688 g/mol. The highest BCUT2D eigenvalue weighted by Crippen LogP contribution is 2.29. The molecule has 0 atom stereocenters. The summed E-state index contributed by atoms with van der Waals surface area (Å²) in [4.78, 5) is 40.8. The molecule has 6 aromatic rings. The monoisotopic (exact) mass is 687 g/mol. The van der Waals surface area contributed by atoms with Crippen molar-refractivity contribution >= 4 is 34.4 Å². The number of tetrazole rings is 2. The van der Waals surface area contributed by atoms with Gasteiger partial charge in [-0.15, -0.1) is 20.4 Å². The van der Waals surface area contributed by atoms with E-state index in [0.717, 1.165) is 26.9 Å². The van der Waals surface area contributed by atoms with Crippen LogP contribution >= 0.6 is 0 Å². The van der Waals surface area contributed by atoms with E-state index in [1.807, 2.05) is 75.4 Å². The Labute approximate surface area is 293 Å². The molecular formula is C37H37N9O5. The number of fused-ring (bicyclic) bond motifs is 1. The molecule has 260 valence electrons. The Morgan fingerprint density at radius 2 is 1.31 bits per heavy atom. The minimum absolute atomic E-state index is 0.144. The number of carbonyl (C=O) groups is 3. The summed E-state index contributed by atoms with van der Waals surface area (Å²) in [5, 5.41) is 28.7. The van der Waals surface area contributed by atoms with Gasteiger partial charge in [-0.1, -0.05) is 65.5 Å². The van der Waals surface area contributed by atoms with Crippen LogP contribution in [0.25, 0.3) is 21.9 Å². The number of nitrogens with zero attached hydrogens (tertiary/aromatic N) is 8. The van der Waals surface area contributed by atoms with E-state index < -0.39 is 23.3 Å². The SMILES string of the molecule is CC(C)(C)OC(=O)c1cccc2cccc(NC(=O)c3ccc(-c4ccc(Cn5nnc(Cc6nnn(C(=O)OC(C)(C)C)n6)n5)cc4)cc3)c12. The van der Waals surface area contributed by atoms with Crippen molar-refractivity contribution in [3.8, 4) is 11.1 Å². The molecule has 0 saturated heterocycles. The summed E-state index contributed by atoms with van der Waals surface area (Å²) >= 11 is 0. The van der Waals surface area contributed by atoms with Crippen molar-refractivity contribution in [2.75, 3.05) is 5.32 Å². The molecule has 4 aromatic carbocycles. The van der Waals surface area contributed by atoms with Gasteiger partial charge < -0.3 is 14.8 Å². The Morgan fingerprint density at radius 3 is 1.98 bits per heavy atom. The second kappa shape index (κ2) is 13.9. The number of benzene rings is 4. The molecule has 2 heterocycles. The van der Waals surface area contributed by atoms with Crippen molar-refractivity contribution in [3.05, 3.63) is 113 Å². The first-order valence-electron chi connectivity index (χ1n) is 16.3. The molecule has 0 bridgehead atoms. The number of hydrogen-bond donors (Lipinski definition) is 1. The van der Waals surface area contributed by atoms with E-state index in [0.29, 0.717) is 34.6 Å². The van der Waals surface area contributed by atoms with Crippen molar-refractivity contribution in [2.45, 2.75) is 65.7 Å². The van der Waals surface area contributed by atoms with E-state index in [1.54, 1.807) is 51.1 Å². The Hall–Kier alpha value is -6.31. The first kappa shape index (κ1) is 34.5. The summed E-state index contributed by atoms with van der Waals surface area (Å²) in [7, 11) is 0. The van der Waals surface area contributed by atoms with E-state index in [9.17, 15) is 14.4 Å². The van der Waals surface area contributed by atoms with Gasteiger partial charge in [0.05, 0.1) is 18.5 Å². The molecular weight excluding hydrogens is 650 g/mol. The molecule has 6 rings (SSSR count). The van der Waals surface area contributed by atoms with Crippen molar-refractivity contribution < 1.29 is 23.9 Å². The molecule has 0 radical (unpaired) electrons. The second-order valence-corrected chi connectivity index (χ2v) is 13.8. The van der Waals surface area contributed by atoms with Crippen LogP contribution in [0.2, 0.25) is 0 Å². The zero-order chi connectivity index (χ0) is 36.3. The molecule has 0 aliphatic carbocycles. The number of amides is 1. The van der Waals surface area contributed by atoms with E-state index >= 15 is 0 Å². The van der Waals surface area contributed by atoms with E-state index in [2.05, 4.69) is 36.1 Å². The van der Waals surface area contributed by atoms with Crippen LogP contribution in [0, 0.1) is 0 Å². The molecule has 0 spiro atoms. The maximum atomic E-state index is 13.3. The zero-order valence-corrected chi connectivity index (χ0v) is 29.1. The minimum atomic E-state index is -0.726. The molecule has 14 heteroatoms. The fourth-order valence-corrected chi connectivity index (χ4v) is 5.17. The summed E-state index contributed by atoms with van der Waals surface area (Å²) in [6.45, 7) is 11.1. The van der Waals surface area contributed by atoms with Crippen LogP contribution in [-0.4, -0.2) is 69.6 Å². The van der Waals surface area contributed by atoms with Crippen LogP contribution in [0.4, 0.5) is 10.5 Å². The van der Waals surface area contributed by atoms with Gasteiger partial charge in [0.1, 0.15) is 11.2 Å². The Balaban J connectivity index is 1.08. The number of ether oxygens (including phenoxy) is 2. The lowest BCUT2D eigenvalue weighted by Crippen LogP contribution is -2.28. The summed E-state index contributed by atoms with van der Waals surface area (Å²) < 4.78 is 10.9. The fourth-order valence-electron chi connectivity index (χ4n) is 5.17. The highest BCUT2D eigenvalue weighted by atomic mass is 16.6. The van der Waals surface area contributed by atoms with Crippen LogP contribution in [0.3, 0.4) is 0 Å². The van der Waals surface area contributed by atoms with Crippen molar-refractivity contribution in [2.24, 2.45) is 0 Å². The van der Waals surface area contributed by atoms with Gasteiger partial charge in [0.15, 0.2) is 11.6 Å². The summed E-state index contributed by atoms with van der Waals surface area (Å²) in [5.74, 6) is -0.117. The summed E-state index contributed by atoms with van der Waals surface area (Å²) in [6.07, 6.45) is -0.582. The lowest BCUT2D eigenvalue weighted by Gasteiger charge is -2.20. The predicted molar refractivity (Wildman–Crippen MR) is 188 cm³/mol. The molecule has 1 N–H and O–H groups in total. The van der Waals surface area contributed by atoms with Crippen molar-refractivity contribution in [3.63, 3.8) is 0 Å². The van der Waals surface area contributed by atoms with Crippen LogP contribution in [-0.2, 0) is 22.4 Å². The molecule has 1 amide bonds. The number of nitrogens with one attached hydrogen (secondary N) is 1. The number of esters is 1.